The molecule has 0 radical (unpaired) electrons. The Balaban J connectivity index is 2.78. The lowest BCUT2D eigenvalue weighted by Gasteiger charge is -2.05. The minimum atomic E-state index is 0.928. The molecular formula is C7H13N3. The van der Waals surface area contributed by atoms with E-state index >= 15 is 0 Å². The smallest absolute Gasteiger partial charge is 0.202 e. The van der Waals surface area contributed by atoms with Gasteiger partial charge < -0.3 is 9.88 Å². The van der Waals surface area contributed by atoms with Crippen molar-refractivity contribution in [2.75, 3.05) is 19.0 Å². The average Bonchev–Trinajstić information content (AvgIpc) is 2.34. The fourth-order valence-corrected chi connectivity index (χ4v) is 0.754. The number of aromatic nitrogens is 2. The number of nitrogens with one attached hydrogen (secondary N) is 1. The van der Waals surface area contributed by atoms with E-state index in [1.54, 1.807) is 0 Å². The number of hydrogen-bond donors (Lipinski definition) is 1. The molecule has 0 saturated heterocycles. The van der Waals surface area contributed by atoms with Crippen LogP contribution in [0.5, 0.6) is 0 Å². The summed E-state index contributed by atoms with van der Waals surface area (Å²) in [5.74, 6) is 0.928. The van der Waals surface area contributed by atoms with E-state index in [0.717, 1.165) is 12.4 Å². The fourth-order valence-electron chi connectivity index (χ4n) is 0.754. The highest BCUT2D eigenvalue weighted by molar-refractivity contribution is 5.28. The standard InChI is InChI=1S/C7H13N3/c1-4-6-5-8-7(9-6)10(2)3/h5H,4H2,1-3H3,(H,8,9). The highest BCUT2D eigenvalue weighted by Crippen LogP contribution is 2.04. The summed E-state index contributed by atoms with van der Waals surface area (Å²) in [7, 11) is 3.94. The highest BCUT2D eigenvalue weighted by atomic mass is 15.2. The predicted octanol–water partition coefficient (Wildman–Crippen LogP) is 1.04. The molecule has 3 nitrogen and oxygen atoms in total. The van der Waals surface area contributed by atoms with Crippen molar-refractivity contribution in [2.24, 2.45) is 0 Å². The van der Waals surface area contributed by atoms with Gasteiger partial charge in [0.25, 0.3) is 0 Å². The largest absolute Gasteiger partial charge is 0.349 e. The Bertz CT molecular complexity index is 202. The Hall–Kier alpha value is -0.990. The molecule has 3 heteroatoms. The number of H-pyrrole nitrogens is 1. The Labute approximate surface area is 61.1 Å². The average molecular weight is 139 g/mol. The molecule has 0 unspecified atom stereocenters. The zero-order chi connectivity index (χ0) is 7.56. The van der Waals surface area contributed by atoms with Crippen molar-refractivity contribution in [1.29, 1.82) is 0 Å². The molecule has 1 heterocycles. The number of anilines is 1. The molecule has 0 aromatic carbocycles. The molecule has 0 fully saturated rings. The highest BCUT2D eigenvalue weighted by Gasteiger charge is 1.98. The van der Waals surface area contributed by atoms with Gasteiger partial charge in [-0.2, -0.15) is 0 Å². The molecule has 1 rings (SSSR count). The molecule has 0 amide bonds. The van der Waals surface area contributed by atoms with Crippen LogP contribution in [0, 0.1) is 0 Å². The normalized spacial score (nSPS) is 9.90. The third kappa shape index (κ3) is 1.29. The van der Waals surface area contributed by atoms with Crippen LogP contribution in [0.1, 0.15) is 12.6 Å². The minimum absolute atomic E-state index is 0.928. The Morgan fingerprint density at radius 2 is 2.30 bits per heavy atom. The molecule has 0 spiro atoms. The molecule has 0 bridgehead atoms. The van der Waals surface area contributed by atoms with E-state index in [4.69, 9.17) is 0 Å². The van der Waals surface area contributed by atoms with Gasteiger partial charge in [-0.05, 0) is 6.42 Å². The van der Waals surface area contributed by atoms with Gasteiger partial charge in [0.1, 0.15) is 0 Å². The molecule has 0 aliphatic rings. The van der Waals surface area contributed by atoms with Crippen LogP contribution in [0.15, 0.2) is 6.20 Å². The number of hydrogen-bond acceptors (Lipinski definition) is 2. The van der Waals surface area contributed by atoms with Gasteiger partial charge in [-0.15, -0.1) is 0 Å². The third-order valence-corrected chi connectivity index (χ3v) is 1.42. The summed E-state index contributed by atoms with van der Waals surface area (Å²) in [5, 5.41) is 0. The zero-order valence-corrected chi connectivity index (χ0v) is 6.68. The Kier molecular flexibility index (Phi) is 1.94. The summed E-state index contributed by atoms with van der Waals surface area (Å²) < 4.78 is 0. The van der Waals surface area contributed by atoms with Crippen LogP contribution in [0.4, 0.5) is 5.95 Å². The van der Waals surface area contributed by atoms with Gasteiger partial charge in [0, 0.05) is 19.8 Å². The number of imidazole rings is 1. The number of aromatic amines is 1. The quantitative estimate of drug-likeness (QED) is 0.663. The van der Waals surface area contributed by atoms with Crippen molar-refractivity contribution in [3.63, 3.8) is 0 Å². The van der Waals surface area contributed by atoms with Crippen LogP contribution in [-0.4, -0.2) is 24.1 Å². The van der Waals surface area contributed by atoms with Gasteiger partial charge in [-0.3, -0.25) is 0 Å². The summed E-state index contributed by atoms with van der Waals surface area (Å²) in [6.45, 7) is 2.10. The van der Waals surface area contributed by atoms with Crippen molar-refractivity contribution < 1.29 is 0 Å². The lowest BCUT2D eigenvalue weighted by atomic mass is 10.4. The monoisotopic (exact) mass is 139 g/mol. The number of aryl methyl sites for hydroxylation is 1. The Morgan fingerprint density at radius 1 is 1.60 bits per heavy atom. The van der Waals surface area contributed by atoms with Crippen molar-refractivity contribution in [3.05, 3.63) is 11.9 Å². The van der Waals surface area contributed by atoms with E-state index in [9.17, 15) is 0 Å². The van der Waals surface area contributed by atoms with Crippen LogP contribution in [-0.2, 0) is 6.42 Å². The Morgan fingerprint density at radius 3 is 2.60 bits per heavy atom. The summed E-state index contributed by atoms with van der Waals surface area (Å²) in [5.41, 5.74) is 1.18. The van der Waals surface area contributed by atoms with Gasteiger partial charge in [0.2, 0.25) is 5.95 Å². The lowest BCUT2D eigenvalue weighted by molar-refractivity contribution is 1.01. The van der Waals surface area contributed by atoms with Gasteiger partial charge in [0.15, 0.2) is 0 Å². The van der Waals surface area contributed by atoms with Gasteiger partial charge in [0.05, 0.1) is 6.20 Å². The second-order valence-electron chi connectivity index (χ2n) is 2.48. The maximum Gasteiger partial charge on any atom is 0.202 e. The van der Waals surface area contributed by atoms with Crippen LogP contribution >= 0.6 is 0 Å². The van der Waals surface area contributed by atoms with Crippen LogP contribution in [0.25, 0.3) is 0 Å². The second kappa shape index (κ2) is 2.73. The van der Waals surface area contributed by atoms with E-state index in [2.05, 4.69) is 16.9 Å². The third-order valence-electron chi connectivity index (χ3n) is 1.42. The predicted molar refractivity (Wildman–Crippen MR) is 42.3 cm³/mol. The first kappa shape index (κ1) is 7.12. The van der Waals surface area contributed by atoms with E-state index in [1.807, 2.05) is 25.2 Å². The molecule has 0 atom stereocenters. The molecular weight excluding hydrogens is 126 g/mol. The van der Waals surface area contributed by atoms with E-state index in [1.165, 1.54) is 5.69 Å². The maximum absolute atomic E-state index is 4.16. The fraction of sp³-hybridized carbons (Fsp3) is 0.571. The topological polar surface area (TPSA) is 31.9 Å². The molecule has 0 aliphatic carbocycles. The first-order chi connectivity index (χ1) is 4.74. The molecule has 1 aromatic heterocycles. The number of rotatable bonds is 2. The maximum atomic E-state index is 4.16. The second-order valence-corrected chi connectivity index (χ2v) is 2.48. The minimum Gasteiger partial charge on any atom is -0.349 e. The first-order valence-electron chi connectivity index (χ1n) is 3.45. The molecule has 0 aliphatic heterocycles. The van der Waals surface area contributed by atoms with E-state index in [-0.39, 0.29) is 0 Å². The summed E-state index contributed by atoms with van der Waals surface area (Å²) in [6.07, 6.45) is 2.89. The van der Waals surface area contributed by atoms with Crippen molar-refractivity contribution >= 4 is 5.95 Å². The summed E-state index contributed by atoms with van der Waals surface area (Å²) >= 11 is 0. The first-order valence-corrected chi connectivity index (χ1v) is 3.45. The van der Waals surface area contributed by atoms with E-state index < -0.39 is 0 Å². The van der Waals surface area contributed by atoms with Crippen LogP contribution in [0.2, 0.25) is 0 Å². The van der Waals surface area contributed by atoms with Crippen LogP contribution < -0.4 is 4.90 Å². The van der Waals surface area contributed by atoms with Gasteiger partial charge in [-0.1, -0.05) is 6.92 Å². The van der Waals surface area contributed by atoms with Crippen molar-refractivity contribution in [1.82, 2.24) is 9.97 Å². The molecule has 1 aromatic rings. The van der Waals surface area contributed by atoms with Crippen LogP contribution in [0.3, 0.4) is 0 Å². The van der Waals surface area contributed by atoms with Gasteiger partial charge in [-0.25, -0.2) is 4.98 Å². The van der Waals surface area contributed by atoms with E-state index in [0.29, 0.717) is 0 Å². The van der Waals surface area contributed by atoms with Crippen molar-refractivity contribution in [3.8, 4) is 0 Å². The zero-order valence-electron chi connectivity index (χ0n) is 6.68. The molecule has 1 N–H and O–H groups in total. The summed E-state index contributed by atoms with van der Waals surface area (Å²) in [4.78, 5) is 9.29. The van der Waals surface area contributed by atoms with Gasteiger partial charge >= 0.3 is 0 Å². The molecule has 10 heavy (non-hydrogen) atoms. The SMILES string of the molecule is CCc1cnc(N(C)C)[nH]1. The summed E-state index contributed by atoms with van der Waals surface area (Å²) in [6, 6.07) is 0. The van der Waals surface area contributed by atoms with Crippen molar-refractivity contribution in [2.45, 2.75) is 13.3 Å². The lowest BCUT2D eigenvalue weighted by Crippen LogP contribution is -2.10. The molecule has 0 saturated carbocycles. The molecule has 56 valence electrons. The number of nitrogens with zero attached hydrogens (tertiary/aromatic N) is 2.